The molecular formula is C17H21N3O3. The largest absolute Gasteiger partial charge is 0.383 e. The lowest BCUT2D eigenvalue weighted by Crippen LogP contribution is -2.35. The molecule has 23 heavy (non-hydrogen) atoms. The maximum Gasteiger partial charge on any atom is 0.254 e. The Bertz CT molecular complexity index is 711. The first-order valence-electron chi connectivity index (χ1n) is 7.57. The van der Waals surface area contributed by atoms with Gasteiger partial charge in [0.1, 0.15) is 12.4 Å². The van der Waals surface area contributed by atoms with Gasteiger partial charge in [0, 0.05) is 31.0 Å². The third-order valence-electron chi connectivity index (χ3n) is 3.39. The fourth-order valence-electron chi connectivity index (χ4n) is 2.19. The van der Waals surface area contributed by atoms with E-state index in [4.69, 9.17) is 4.74 Å². The van der Waals surface area contributed by atoms with Gasteiger partial charge in [-0.1, -0.05) is 37.3 Å². The number of hydrogen-bond donors (Lipinski definition) is 1. The number of carbonyl (C=O) groups excluding carboxylic acids is 1. The summed E-state index contributed by atoms with van der Waals surface area (Å²) < 4.78 is 6.29. The number of benzene rings is 1. The number of amides is 1. The van der Waals surface area contributed by atoms with Crippen molar-refractivity contribution in [3.8, 4) is 11.4 Å². The van der Waals surface area contributed by atoms with Gasteiger partial charge in [-0.15, -0.1) is 0 Å². The number of methoxy groups -OCH3 is 1. The molecule has 0 atom stereocenters. The Morgan fingerprint density at radius 3 is 2.70 bits per heavy atom. The lowest BCUT2D eigenvalue weighted by atomic mass is 10.2. The second kappa shape index (κ2) is 8.24. The quantitative estimate of drug-likeness (QED) is 0.780. The number of rotatable bonds is 7. The average Bonchev–Trinajstić information content (AvgIpc) is 2.57. The van der Waals surface area contributed by atoms with Gasteiger partial charge in [0.25, 0.3) is 5.56 Å². The normalized spacial score (nSPS) is 10.5. The maximum absolute atomic E-state index is 12.4. The molecule has 0 saturated carbocycles. The monoisotopic (exact) mass is 315 g/mol. The van der Waals surface area contributed by atoms with Crippen LogP contribution in [0.25, 0.3) is 11.4 Å². The number of nitrogens with zero attached hydrogens (tertiary/aromatic N) is 2. The minimum Gasteiger partial charge on any atom is -0.383 e. The first-order valence-corrected chi connectivity index (χ1v) is 7.57. The number of ether oxygens (including phenoxy) is 1. The van der Waals surface area contributed by atoms with Crippen LogP contribution in [0.5, 0.6) is 0 Å². The molecule has 1 aromatic heterocycles. The third kappa shape index (κ3) is 4.50. The molecule has 0 aliphatic carbocycles. The van der Waals surface area contributed by atoms with E-state index in [0.717, 1.165) is 5.56 Å². The predicted molar refractivity (Wildman–Crippen MR) is 88.2 cm³/mol. The molecule has 0 fully saturated rings. The molecule has 0 unspecified atom stereocenters. The molecule has 0 aliphatic rings. The van der Waals surface area contributed by atoms with Crippen LogP contribution < -0.4 is 10.9 Å². The molecule has 2 aromatic rings. The Balaban J connectivity index is 2.34. The molecule has 1 aromatic carbocycles. The Labute approximate surface area is 135 Å². The molecule has 1 N–H and O–H groups in total. The highest BCUT2D eigenvalue weighted by Crippen LogP contribution is 2.15. The van der Waals surface area contributed by atoms with E-state index in [2.05, 4.69) is 10.3 Å². The fraction of sp³-hybridized carbons (Fsp3) is 0.353. The second-order valence-corrected chi connectivity index (χ2v) is 5.06. The minimum absolute atomic E-state index is 0.0657. The van der Waals surface area contributed by atoms with Gasteiger partial charge in [-0.25, -0.2) is 4.98 Å². The summed E-state index contributed by atoms with van der Waals surface area (Å²) in [7, 11) is 1.57. The molecule has 0 spiro atoms. The SMILES string of the molecule is CCc1cc(=O)n(CC(=O)NCCOC)c(-c2ccccc2)n1. The fourth-order valence-corrected chi connectivity index (χ4v) is 2.19. The number of aryl methyl sites for hydroxylation is 1. The van der Waals surface area contributed by atoms with Gasteiger partial charge in [-0.3, -0.25) is 14.2 Å². The summed E-state index contributed by atoms with van der Waals surface area (Å²) in [6, 6.07) is 10.9. The molecule has 0 radical (unpaired) electrons. The van der Waals surface area contributed by atoms with Crippen LogP contribution in [0, 0.1) is 0 Å². The number of carbonyl (C=O) groups is 1. The van der Waals surface area contributed by atoms with Crippen molar-refractivity contribution in [3.05, 3.63) is 52.4 Å². The Hall–Kier alpha value is -2.47. The summed E-state index contributed by atoms with van der Waals surface area (Å²) in [5, 5.41) is 2.72. The van der Waals surface area contributed by atoms with E-state index in [0.29, 0.717) is 31.1 Å². The van der Waals surface area contributed by atoms with Crippen molar-refractivity contribution in [1.29, 1.82) is 0 Å². The molecule has 6 nitrogen and oxygen atoms in total. The lowest BCUT2D eigenvalue weighted by molar-refractivity contribution is -0.121. The summed E-state index contributed by atoms with van der Waals surface area (Å²) in [6.07, 6.45) is 0.663. The van der Waals surface area contributed by atoms with Gasteiger partial charge in [0.05, 0.1) is 6.61 Å². The van der Waals surface area contributed by atoms with E-state index in [9.17, 15) is 9.59 Å². The standard InChI is InChI=1S/C17H21N3O3/c1-3-14-11-16(22)20(12-15(21)18-9-10-23-2)17(19-14)13-7-5-4-6-8-13/h4-8,11H,3,9-10,12H2,1-2H3,(H,18,21). The van der Waals surface area contributed by atoms with E-state index in [1.165, 1.54) is 10.6 Å². The molecule has 0 aliphatic heterocycles. The van der Waals surface area contributed by atoms with Crippen LogP contribution in [0.1, 0.15) is 12.6 Å². The van der Waals surface area contributed by atoms with E-state index in [1.807, 2.05) is 37.3 Å². The zero-order valence-electron chi connectivity index (χ0n) is 13.4. The number of aromatic nitrogens is 2. The molecular weight excluding hydrogens is 294 g/mol. The van der Waals surface area contributed by atoms with Gasteiger partial charge in [-0.05, 0) is 6.42 Å². The summed E-state index contributed by atoms with van der Waals surface area (Å²) in [6.45, 7) is 2.71. The van der Waals surface area contributed by atoms with Gasteiger partial charge < -0.3 is 10.1 Å². The van der Waals surface area contributed by atoms with E-state index >= 15 is 0 Å². The van der Waals surface area contributed by atoms with E-state index in [1.54, 1.807) is 7.11 Å². The minimum atomic E-state index is -0.243. The highest BCUT2D eigenvalue weighted by molar-refractivity contribution is 5.76. The molecule has 1 heterocycles. The van der Waals surface area contributed by atoms with E-state index in [-0.39, 0.29) is 18.0 Å². The first-order chi connectivity index (χ1) is 11.2. The topological polar surface area (TPSA) is 73.2 Å². The molecule has 6 heteroatoms. The first kappa shape index (κ1) is 16.9. The molecule has 1 amide bonds. The van der Waals surface area contributed by atoms with Gasteiger partial charge in [0.15, 0.2) is 0 Å². The zero-order valence-corrected chi connectivity index (χ0v) is 13.4. The average molecular weight is 315 g/mol. The van der Waals surface area contributed by atoms with Crippen LogP contribution in [0.3, 0.4) is 0 Å². The van der Waals surface area contributed by atoms with Crippen LogP contribution in [0.15, 0.2) is 41.2 Å². The predicted octanol–water partition coefficient (Wildman–Crippen LogP) is 1.24. The van der Waals surface area contributed by atoms with Crippen LogP contribution in [0.4, 0.5) is 0 Å². The maximum atomic E-state index is 12.4. The van der Waals surface area contributed by atoms with Crippen molar-refractivity contribution in [2.45, 2.75) is 19.9 Å². The van der Waals surface area contributed by atoms with Crippen LogP contribution in [0.2, 0.25) is 0 Å². The Morgan fingerprint density at radius 1 is 1.30 bits per heavy atom. The number of nitrogens with one attached hydrogen (secondary N) is 1. The molecule has 0 bridgehead atoms. The van der Waals surface area contributed by atoms with Crippen molar-refractivity contribution in [3.63, 3.8) is 0 Å². The van der Waals surface area contributed by atoms with Crippen LogP contribution in [-0.2, 0) is 22.5 Å². The highest BCUT2D eigenvalue weighted by atomic mass is 16.5. The molecule has 0 saturated heterocycles. The molecule has 122 valence electrons. The third-order valence-corrected chi connectivity index (χ3v) is 3.39. The van der Waals surface area contributed by atoms with Crippen molar-refractivity contribution in [1.82, 2.24) is 14.9 Å². The summed E-state index contributed by atoms with van der Waals surface area (Å²) in [5.41, 5.74) is 1.30. The van der Waals surface area contributed by atoms with Crippen molar-refractivity contribution < 1.29 is 9.53 Å². The zero-order chi connectivity index (χ0) is 16.7. The van der Waals surface area contributed by atoms with Crippen molar-refractivity contribution in [2.24, 2.45) is 0 Å². The van der Waals surface area contributed by atoms with Crippen LogP contribution >= 0.6 is 0 Å². The highest BCUT2D eigenvalue weighted by Gasteiger charge is 2.13. The number of hydrogen-bond acceptors (Lipinski definition) is 4. The van der Waals surface area contributed by atoms with Gasteiger partial charge in [0.2, 0.25) is 5.91 Å². The van der Waals surface area contributed by atoms with Crippen molar-refractivity contribution >= 4 is 5.91 Å². The van der Waals surface area contributed by atoms with Crippen LogP contribution in [-0.4, -0.2) is 35.7 Å². The van der Waals surface area contributed by atoms with Crippen molar-refractivity contribution in [2.75, 3.05) is 20.3 Å². The van der Waals surface area contributed by atoms with Gasteiger partial charge in [-0.2, -0.15) is 0 Å². The lowest BCUT2D eigenvalue weighted by Gasteiger charge is -2.13. The summed E-state index contributed by atoms with van der Waals surface area (Å²) in [4.78, 5) is 28.9. The second-order valence-electron chi connectivity index (χ2n) is 5.06. The Kier molecular flexibility index (Phi) is 6.05. The Morgan fingerprint density at radius 2 is 2.04 bits per heavy atom. The van der Waals surface area contributed by atoms with Gasteiger partial charge >= 0.3 is 0 Å². The van der Waals surface area contributed by atoms with E-state index < -0.39 is 0 Å². The summed E-state index contributed by atoms with van der Waals surface area (Å²) in [5.74, 6) is 0.268. The molecule has 2 rings (SSSR count). The summed E-state index contributed by atoms with van der Waals surface area (Å²) >= 11 is 0. The smallest absolute Gasteiger partial charge is 0.254 e.